The summed E-state index contributed by atoms with van der Waals surface area (Å²) < 4.78 is 46.7. The summed E-state index contributed by atoms with van der Waals surface area (Å²) in [4.78, 5) is 40.9. The van der Waals surface area contributed by atoms with E-state index in [4.69, 9.17) is 14.2 Å². The maximum Gasteiger partial charge on any atom is 0.410 e. The second kappa shape index (κ2) is 15.6. The van der Waals surface area contributed by atoms with Gasteiger partial charge in [-0.25, -0.2) is 18.4 Å². The number of nitrogens with one attached hydrogen (secondary N) is 2. The number of nitrogens with zero attached hydrogens (tertiary/aromatic N) is 5. The van der Waals surface area contributed by atoms with Crippen molar-refractivity contribution in [3.63, 3.8) is 0 Å². The molecule has 2 saturated heterocycles. The van der Waals surface area contributed by atoms with Crippen LogP contribution in [0.25, 0.3) is 33.6 Å². The number of tetrazole rings is 1. The van der Waals surface area contributed by atoms with Crippen LogP contribution in [0.2, 0.25) is 0 Å². The second-order valence-corrected chi connectivity index (χ2v) is 14.5. The Balaban J connectivity index is 1.16. The van der Waals surface area contributed by atoms with Gasteiger partial charge in [0.25, 0.3) is 5.91 Å². The molecular formula is C40H39F2N7O7. The molecule has 3 amide bonds. The molecule has 56 heavy (non-hydrogen) atoms. The number of hydrogen-bond acceptors (Lipinski definition) is 9. The number of carboxylic acid groups (broad SMARTS) is 1. The van der Waals surface area contributed by atoms with E-state index < -0.39 is 41.4 Å². The summed E-state index contributed by atoms with van der Waals surface area (Å²) in [5.74, 6) is -1.40. The number of carbonyl (C=O) groups is 3. The molecule has 3 N–H and O–H groups in total. The van der Waals surface area contributed by atoms with Crippen LogP contribution in [0.3, 0.4) is 0 Å². The zero-order valence-corrected chi connectivity index (χ0v) is 30.8. The van der Waals surface area contributed by atoms with E-state index in [1.165, 1.54) is 11.0 Å². The van der Waals surface area contributed by atoms with Crippen LogP contribution in [-0.4, -0.2) is 97.6 Å². The molecule has 2 unspecified atom stereocenters. The van der Waals surface area contributed by atoms with Crippen molar-refractivity contribution in [2.45, 2.75) is 51.4 Å². The number of benzene rings is 4. The predicted molar refractivity (Wildman–Crippen MR) is 200 cm³/mol. The quantitative estimate of drug-likeness (QED) is 0.139. The Morgan fingerprint density at radius 1 is 0.804 bits per heavy atom. The summed E-state index contributed by atoms with van der Waals surface area (Å²) in [7, 11) is 0. The summed E-state index contributed by atoms with van der Waals surface area (Å²) in [6, 6.07) is 20.6. The van der Waals surface area contributed by atoms with E-state index in [1.54, 1.807) is 62.1 Å². The summed E-state index contributed by atoms with van der Waals surface area (Å²) in [6.07, 6.45) is -1.25. The van der Waals surface area contributed by atoms with Crippen molar-refractivity contribution in [3.8, 4) is 45.1 Å². The van der Waals surface area contributed by atoms with Gasteiger partial charge in [-0.1, -0.05) is 24.3 Å². The molecule has 0 aliphatic carbocycles. The number of aromatic amines is 1. The van der Waals surface area contributed by atoms with Gasteiger partial charge >= 0.3 is 12.2 Å². The third-order valence-electron chi connectivity index (χ3n) is 9.29. The van der Waals surface area contributed by atoms with Gasteiger partial charge in [0.05, 0.1) is 13.1 Å². The monoisotopic (exact) mass is 767 g/mol. The number of aromatic nitrogens is 4. The first kappa shape index (κ1) is 37.7. The number of hydrogen-bond donors (Lipinski definition) is 3. The van der Waals surface area contributed by atoms with Crippen LogP contribution in [0, 0.1) is 11.6 Å². The number of likely N-dealkylation sites (tertiary alicyclic amines) is 2. The molecule has 0 spiro atoms. The largest absolute Gasteiger partial charge is 0.488 e. The summed E-state index contributed by atoms with van der Waals surface area (Å²) >= 11 is 0. The van der Waals surface area contributed by atoms with Crippen molar-refractivity contribution < 1.29 is 42.5 Å². The minimum absolute atomic E-state index is 0.207. The van der Waals surface area contributed by atoms with Gasteiger partial charge in [0.15, 0.2) is 11.6 Å². The van der Waals surface area contributed by atoms with Crippen LogP contribution in [0.15, 0.2) is 78.9 Å². The molecule has 14 nitrogen and oxygen atoms in total. The molecule has 2 aliphatic rings. The number of amides is 3. The molecule has 16 heteroatoms. The van der Waals surface area contributed by atoms with E-state index in [1.807, 2.05) is 24.3 Å². The molecule has 2 atom stereocenters. The van der Waals surface area contributed by atoms with Crippen LogP contribution in [0.4, 0.5) is 24.1 Å². The summed E-state index contributed by atoms with van der Waals surface area (Å²) in [6.45, 7) is 6.59. The standard InChI is InChI=1S/C40H39F2N7O7/c1-40(2,3)56-39(53)49-16-14-29(22-49)55-34-11-8-26(18-30(34)24-7-10-32(41)33(42)19-24)37(50)43-27-9-12-35(54-28-13-15-48(21-28)38(51)52)31(20-27)23-5-4-6-25(17-23)36-44-46-47-45-36/h4-12,17-20,28-29H,13-16,21-22H2,1-3H3,(H,43,50)(H,51,52)(H,44,45,46,47). The second-order valence-electron chi connectivity index (χ2n) is 14.5. The Hall–Kier alpha value is -6.58. The van der Waals surface area contributed by atoms with E-state index in [9.17, 15) is 28.3 Å². The average molecular weight is 768 g/mol. The van der Waals surface area contributed by atoms with Crippen LogP contribution in [0.1, 0.15) is 44.0 Å². The van der Waals surface area contributed by atoms with Gasteiger partial charge in [0.1, 0.15) is 29.3 Å². The normalized spacial score (nSPS) is 16.8. The Labute approximate surface area is 320 Å². The fourth-order valence-electron chi connectivity index (χ4n) is 6.59. The van der Waals surface area contributed by atoms with Gasteiger partial charge < -0.3 is 34.4 Å². The minimum Gasteiger partial charge on any atom is -0.488 e. The summed E-state index contributed by atoms with van der Waals surface area (Å²) in [5.41, 5.74) is 2.61. The first-order valence-electron chi connectivity index (χ1n) is 18.0. The molecule has 5 aromatic rings. The molecule has 290 valence electrons. The number of halogens is 2. The summed E-state index contributed by atoms with van der Waals surface area (Å²) in [5, 5.41) is 26.6. The molecule has 2 aliphatic heterocycles. The highest BCUT2D eigenvalue weighted by atomic mass is 19.2. The number of anilines is 1. The molecule has 3 heterocycles. The van der Waals surface area contributed by atoms with Crippen molar-refractivity contribution in [2.24, 2.45) is 0 Å². The zero-order chi connectivity index (χ0) is 39.6. The fraction of sp³-hybridized carbons (Fsp3) is 0.300. The van der Waals surface area contributed by atoms with Crippen molar-refractivity contribution in [1.82, 2.24) is 30.4 Å². The molecule has 2 fully saturated rings. The first-order valence-corrected chi connectivity index (χ1v) is 18.0. The highest BCUT2D eigenvalue weighted by Gasteiger charge is 2.32. The number of rotatable bonds is 9. The topological polar surface area (TPSA) is 172 Å². The number of ether oxygens (including phenoxy) is 3. The molecule has 7 rings (SSSR count). The van der Waals surface area contributed by atoms with Gasteiger partial charge in [-0.15, -0.1) is 10.2 Å². The molecule has 0 bridgehead atoms. The number of H-pyrrole nitrogens is 1. The first-order chi connectivity index (χ1) is 26.8. The van der Waals surface area contributed by atoms with Gasteiger partial charge in [-0.2, -0.15) is 5.21 Å². The van der Waals surface area contributed by atoms with Crippen molar-refractivity contribution in [3.05, 3.63) is 96.1 Å². The van der Waals surface area contributed by atoms with Crippen LogP contribution in [-0.2, 0) is 4.74 Å². The maximum absolute atomic E-state index is 14.5. The third-order valence-corrected chi connectivity index (χ3v) is 9.29. The van der Waals surface area contributed by atoms with Gasteiger partial charge in [0.2, 0.25) is 5.82 Å². The lowest BCUT2D eigenvalue weighted by atomic mass is 10.00. The lowest BCUT2D eigenvalue weighted by Gasteiger charge is -2.24. The Morgan fingerprint density at radius 2 is 1.46 bits per heavy atom. The van der Waals surface area contributed by atoms with Crippen LogP contribution < -0.4 is 14.8 Å². The van der Waals surface area contributed by atoms with Gasteiger partial charge in [-0.3, -0.25) is 4.79 Å². The van der Waals surface area contributed by atoms with Crippen LogP contribution >= 0.6 is 0 Å². The van der Waals surface area contributed by atoms with Gasteiger partial charge in [-0.05, 0) is 91.7 Å². The smallest absolute Gasteiger partial charge is 0.410 e. The van der Waals surface area contributed by atoms with Crippen molar-refractivity contribution in [2.75, 3.05) is 31.5 Å². The molecule has 0 saturated carbocycles. The lowest BCUT2D eigenvalue weighted by Crippen LogP contribution is -2.36. The molecule has 0 radical (unpaired) electrons. The SMILES string of the molecule is CC(C)(C)OC(=O)N1CCC(Oc2ccc(C(=O)Nc3ccc(OC4CCN(C(=O)O)C4)c(-c4cccc(-c5nn[nH]n5)c4)c3)cc2-c2ccc(F)c(F)c2)C1. The van der Waals surface area contributed by atoms with Gasteiger partial charge in [0, 0.05) is 53.9 Å². The highest BCUT2D eigenvalue weighted by molar-refractivity contribution is 6.05. The Morgan fingerprint density at radius 3 is 2.12 bits per heavy atom. The number of carbonyl (C=O) groups excluding carboxylic acids is 2. The Bertz CT molecular complexity index is 2260. The molecular weight excluding hydrogens is 728 g/mol. The van der Waals surface area contributed by atoms with E-state index in [0.717, 1.165) is 12.1 Å². The predicted octanol–water partition coefficient (Wildman–Crippen LogP) is 7.25. The molecule has 1 aromatic heterocycles. The van der Waals surface area contributed by atoms with E-state index in [0.29, 0.717) is 71.2 Å². The lowest BCUT2D eigenvalue weighted by molar-refractivity contribution is 0.0275. The van der Waals surface area contributed by atoms with Crippen molar-refractivity contribution in [1.29, 1.82) is 0 Å². The average Bonchev–Trinajstić information content (AvgIpc) is 3.97. The van der Waals surface area contributed by atoms with E-state index >= 15 is 0 Å². The highest BCUT2D eigenvalue weighted by Crippen LogP contribution is 2.37. The van der Waals surface area contributed by atoms with E-state index in [-0.39, 0.29) is 30.3 Å². The zero-order valence-electron chi connectivity index (χ0n) is 30.8. The minimum atomic E-state index is -1.06. The third kappa shape index (κ3) is 8.69. The Kier molecular flexibility index (Phi) is 10.5. The maximum atomic E-state index is 14.5. The van der Waals surface area contributed by atoms with Crippen molar-refractivity contribution >= 4 is 23.8 Å². The van der Waals surface area contributed by atoms with Crippen LogP contribution in [0.5, 0.6) is 11.5 Å². The fourth-order valence-corrected chi connectivity index (χ4v) is 6.59. The molecule has 4 aromatic carbocycles. The van der Waals surface area contributed by atoms with E-state index in [2.05, 4.69) is 25.9 Å².